The van der Waals surface area contributed by atoms with E-state index in [1.54, 1.807) is 14.2 Å². The maximum Gasteiger partial charge on any atom is 0.107 e. The van der Waals surface area contributed by atoms with Crippen LogP contribution in [0.5, 0.6) is 0 Å². The Kier molecular flexibility index (Phi) is 7.77. The van der Waals surface area contributed by atoms with Gasteiger partial charge in [0.1, 0.15) is 11.4 Å². The van der Waals surface area contributed by atoms with Gasteiger partial charge in [-0.1, -0.05) is 10.3 Å². The van der Waals surface area contributed by atoms with Crippen LogP contribution in [-0.4, -0.2) is 49.3 Å². The van der Waals surface area contributed by atoms with Crippen molar-refractivity contribution < 1.29 is 19.9 Å². The van der Waals surface area contributed by atoms with Crippen LogP contribution in [0.2, 0.25) is 0 Å². The van der Waals surface area contributed by atoms with Gasteiger partial charge < -0.3 is 19.9 Å². The first-order valence-electron chi connectivity index (χ1n) is 4.20. The summed E-state index contributed by atoms with van der Waals surface area (Å²) in [5.41, 5.74) is 0.623. The Balaban J connectivity index is 4.18. The summed E-state index contributed by atoms with van der Waals surface area (Å²) < 4.78 is 9.63. The zero-order valence-electron chi connectivity index (χ0n) is 8.43. The summed E-state index contributed by atoms with van der Waals surface area (Å²) in [6, 6.07) is 0. The Morgan fingerprint density at radius 2 is 1.29 bits per heavy atom. The summed E-state index contributed by atoms with van der Waals surface area (Å²) in [4.78, 5) is 0. The van der Waals surface area contributed by atoms with E-state index in [0.717, 1.165) is 0 Å². The van der Waals surface area contributed by atoms with Gasteiger partial charge in [0.05, 0.1) is 13.2 Å². The average molecular weight is 204 g/mol. The van der Waals surface area contributed by atoms with Crippen molar-refractivity contribution in [1.29, 1.82) is 0 Å². The smallest absolute Gasteiger partial charge is 0.107 e. The predicted molar refractivity (Wildman–Crippen MR) is 51.4 cm³/mol. The second kappa shape index (κ2) is 8.46. The highest BCUT2D eigenvalue weighted by atomic mass is 16.5. The van der Waals surface area contributed by atoms with E-state index in [4.69, 9.17) is 19.9 Å². The summed E-state index contributed by atoms with van der Waals surface area (Å²) in [6.07, 6.45) is 0.798. The van der Waals surface area contributed by atoms with Crippen LogP contribution in [0.4, 0.5) is 0 Å². The van der Waals surface area contributed by atoms with Crippen LogP contribution < -0.4 is 0 Å². The Morgan fingerprint density at radius 1 is 0.929 bits per heavy atom. The SMILES string of the molecule is COCCC(=NO)C(CCOC)=NO. The molecule has 0 aromatic rings. The second-order valence-corrected chi connectivity index (χ2v) is 2.58. The molecule has 0 amide bonds. The molecule has 6 heteroatoms. The topological polar surface area (TPSA) is 83.6 Å². The van der Waals surface area contributed by atoms with Gasteiger partial charge in [-0.3, -0.25) is 0 Å². The minimum Gasteiger partial charge on any atom is -0.411 e. The van der Waals surface area contributed by atoms with Gasteiger partial charge in [0.25, 0.3) is 0 Å². The zero-order chi connectivity index (χ0) is 10.8. The molecule has 0 rings (SSSR count). The first-order chi connectivity index (χ1) is 6.79. The maximum atomic E-state index is 8.65. The molecule has 0 aliphatic rings. The summed E-state index contributed by atoms with van der Waals surface area (Å²) in [5, 5.41) is 23.4. The molecule has 0 aliphatic carbocycles. The van der Waals surface area contributed by atoms with E-state index in [9.17, 15) is 0 Å². The first-order valence-corrected chi connectivity index (χ1v) is 4.20. The summed E-state index contributed by atoms with van der Waals surface area (Å²) in [5.74, 6) is 0. The van der Waals surface area contributed by atoms with Gasteiger partial charge in [0.2, 0.25) is 0 Å². The Hall–Kier alpha value is -1.14. The third-order valence-corrected chi connectivity index (χ3v) is 1.66. The number of ether oxygens (including phenoxy) is 2. The molecule has 14 heavy (non-hydrogen) atoms. The van der Waals surface area contributed by atoms with E-state index in [2.05, 4.69) is 10.3 Å². The number of rotatable bonds is 7. The normalized spacial score (nSPS) is 13.3. The van der Waals surface area contributed by atoms with E-state index >= 15 is 0 Å². The zero-order valence-corrected chi connectivity index (χ0v) is 8.43. The van der Waals surface area contributed by atoms with Crippen LogP contribution in [0.25, 0.3) is 0 Å². The van der Waals surface area contributed by atoms with Gasteiger partial charge >= 0.3 is 0 Å². The van der Waals surface area contributed by atoms with Crippen LogP contribution in [0.3, 0.4) is 0 Å². The van der Waals surface area contributed by atoms with Crippen molar-refractivity contribution in [2.75, 3.05) is 27.4 Å². The third-order valence-electron chi connectivity index (χ3n) is 1.66. The van der Waals surface area contributed by atoms with Crippen LogP contribution in [0, 0.1) is 0 Å². The molecule has 6 nitrogen and oxygen atoms in total. The highest BCUT2D eigenvalue weighted by Crippen LogP contribution is 1.97. The molecule has 0 atom stereocenters. The number of hydrogen-bond donors (Lipinski definition) is 2. The Bertz CT molecular complexity index is 182. The third kappa shape index (κ3) is 4.78. The van der Waals surface area contributed by atoms with Crippen LogP contribution in [0.1, 0.15) is 12.8 Å². The molecule has 2 N–H and O–H groups in total. The fraction of sp³-hybridized carbons (Fsp3) is 0.750. The minimum absolute atomic E-state index is 0.311. The largest absolute Gasteiger partial charge is 0.411 e. The highest BCUT2D eigenvalue weighted by molar-refractivity contribution is 6.42. The number of oxime groups is 2. The second-order valence-electron chi connectivity index (χ2n) is 2.58. The Morgan fingerprint density at radius 3 is 1.50 bits per heavy atom. The van der Waals surface area contributed by atoms with Crippen molar-refractivity contribution in [2.24, 2.45) is 10.3 Å². The molecule has 0 unspecified atom stereocenters. The molecule has 0 radical (unpaired) electrons. The quantitative estimate of drug-likeness (QED) is 0.363. The lowest BCUT2D eigenvalue weighted by Gasteiger charge is -2.05. The fourth-order valence-electron chi connectivity index (χ4n) is 0.901. The van der Waals surface area contributed by atoms with Crippen LogP contribution in [0.15, 0.2) is 10.3 Å². The molecule has 0 fully saturated rings. The van der Waals surface area contributed by atoms with Crippen LogP contribution in [-0.2, 0) is 9.47 Å². The lowest BCUT2D eigenvalue weighted by molar-refractivity contribution is 0.203. The van der Waals surface area contributed by atoms with E-state index in [1.165, 1.54) is 0 Å². The summed E-state index contributed by atoms with van der Waals surface area (Å²) in [7, 11) is 3.08. The van der Waals surface area contributed by atoms with Gasteiger partial charge in [-0.25, -0.2) is 0 Å². The number of hydrogen-bond acceptors (Lipinski definition) is 6. The molecule has 0 saturated heterocycles. The molecular weight excluding hydrogens is 188 g/mol. The van der Waals surface area contributed by atoms with Gasteiger partial charge in [0.15, 0.2) is 0 Å². The van der Waals surface area contributed by atoms with Crippen molar-refractivity contribution in [3.8, 4) is 0 Å². The van der Waals surface area contributed by atoms with Crippen molar-refractivity contribution in [3.63, 3.8) is 0 Å². The molecule has 0 spiro atoms. The molecule has 0 bridgehead atoms. The standard InChI is InChI=1S/C8H16N2O4/c1-13-5-3-7(9-11)8(10-12)4-6-14-2/h11-12H,3-6H2,1-2H3. The van der Waals surface area contributed by atoms with Crippen LogP contribution >= 0.6 is 0 Å². The van der Waals surface area contributed by atoms with E-state index < -0.39 is 0 Å². The number of methoxy groups -OCH3 is 2. The molecule has 0 aromatic carbocycles. The van der Waals surface area contributed by atoms with Gasteiger partial charge in [0, 0.05) is 27.1 Å². The van der Waals surface area contributed by atoms with E-state index in [1.807, 2.05) is 0 Å². The van der Waals surface area contributed by atoms with Crippen molar-refractivity contribution in [2.45, 2.75) is 12.8 Å². The molecule has 0 saturated carbocycles. The molecule has 82 valence electrons. The average Bonchev–Trinajstić information content (AvgIpc) is 2.23. The Labute approximate surface area is 82.8 Å². The van der Waals surface area contributed by atoms with Gasteiger partial charge in [-0.05, 0) is 0 Å². The molecule has 0 aromatic heterocycles. The maximum absolute atomic E-state index is 8.65. The van der Waals surface area contributed by atoms with Crippen molar-refractivity contribution in [1.82, 2.24) is 0 Å². The van der Waals surface area contributed by atoms with E-state index in [0.29, 0.717) is 37.5 Å². The molecule has 0 aliphatic heterocycles. The predicted octanol–water partition coefficient (Wildman–Crippen LogP) is 0.720. The molecular formula is C8H16N2O4. The monoisotopic (exact) mass is 204 g/mol. The van der Waals surface area contributed by atoms with E-state index in [-0.39, 0.29) is 0 Å². The summed E-state index contributed by atoms with van der Waals surface area (Å²) in [6.45, 7) is 0.816. The van der Waals surface area contributed by atoms with Crippen molar-refractivity contribution >= 4 is 11.4 Å². The van der Waals surface area contributed by atoms with Gasteiger partial charge in [-0.2, -0.15) is 0 Å². The fourth-order valence-corrected chi connectivity index (χ4v) is 0.901. The lowest BCUT2D eigenvalue weighted by atomic mass is 10.1. The lowest BCUT2D eigenvalue weighted by Crippen LogP contribution is -2.18. The van der Waals surface area contributed by atoms with Crippen molar-refractivity contribution in [3.05, 3.63) is 0 Å². The van der Waals surface area contributed by atoms with Gasteiger partial charge in [-0.15, -0.1) is 0 Å². The number of nitrogens with zero attached hydrogens (tertiary/aromatic N) is 2. The highest BCUT2D eigenvalue weighted by Gasteiger charge is 2.10. The molecule has 0 heterocycles. The first kappa shape index (κ1) is 12.9. The minimum atomic E-state index is 0.311. The summed E-state index contributed by atoms with van der Waals surface area (Å²) >= 11 is 0.